The molecule has 1 N–H and O–H groups in total. The predicted molar refractivity (Wildman–Crippen MR) is 22.2 cm³/mol. The Hall–Kier alpha value is -0.790. The summed E-state index contributed by atoms with van der Waals surface area (Å²) >= 11 is 0. The maximum absolute atomic E-state index is 3.64. The van der Waals surface area contributed by atoms with Gasteiger partial charge in [-0.15, -0.1) is 0 Å². The molecule has 0 bridgehead atoms. The summed E-state index contributed by atoms with van der Waals surface area (Å²) in [6, 6.07) is 0. The molecule has 1 aromatic rings. The Morgan fingerprint density at radius 2 is 2.83 bits per heavy atom. The minimum Gasteiger partial charge on any atom is -0.340 e. The first kappa shape index (κ1) is 3.40. The monoisotopic (exact) mass is 81.0 g/mol. The largest absolute Gasteiger partial charge is 0.340 e. The van der Waals surface area contributed by atoms with E-state index in [1.54, 1.807) is 6.20 Å². The lowest BCUT2D eigenvalue weighted by Gasteiger charge is -1.67. The first-order valence-electron chi connectivity index (χ1n) is 1.77. The van der Waals surface area contributed by atoms with Crippen LogP contribution in [0.1, 0.15) is 5.69 Å². The molecule has 0 saturated carbocycles. The van der Waals surface area contributed by atoms with E-state index in [4.69, 9.17) is 0 Å². The van der Waals surface area contributed by atoms with E-state index < -0.39 is 0 Å². The van der Waals surface area contributed by atoms with Gasteiger partial charge in [0, 0.05) is 11.9 Å². The number of nitrogens with one attached hydrogen (secondary N) is 1. The molecule has 0 aliphatic carbocycles. The highest BCUT2D eigenvalue weighted by Gasteiger charge is 1.74. The second-order valence-electron chi connectivity index (χ2n) is 1.18. The molecule has 0 amide bonds. The van der Waals surface area contributed by atoms with Crippen molar-refractivity contribution in [3.63, 3.8) is 0 Å². The smallest absolute Gasteiger partial charge is 0.173 e. The van der Waals surface area contributed by atoms with Crippen LogP contribution in [0.25, 0.3) is 0 Å². The topological polar surface area (TPSA) is 28.7 Å². The summed E-state index contributed by atoms with van der Waals surface area (Å²) in [5.74, 6) is 0. The average molecular weight is 81.1 g/mol. The first-order chi connectivity index (χ1) is 2.89. The van der Waals surface area contributed by atoms with Crippen LogP contribution < -0.4 is 0 Å². The molecule has 0 atom stereocenters. The Kier molecular flexibility index (Phi) is 0.638. The Labute approximate surface area is 36.2 Å². The number of hydrogen-bond donors (Lipinski definition) is 1. The maximum atomic E-state index is 3.64. The van der Waals surface area contributed by atoms with E-state index in [0.29, 0.717) is 0 Å². The first-order valence-corrected chi connectivity index (χ1v) is 1.77. The van der Waals surface area contributed by atoms with E-state index in [0.717, 1.165) is 5.69 Å². The highest BCUT2D eigenvalue weighted by Crippen LogP contribution is 1.80. The van der Waals surface area contributed by atoms with Crippen LogP contribution in [0.2, 0.25) is 0 Å². The number of rotatable bonds is 0. The molecular formula is C4H5N2. The van der Waals surface area contributed by atoms with Gasteiger partial charge in [0.15, 0.2) is 6.33 Å². The second-order valence-corrected chi connectivity index (χ2v) is 1.18. The van der Waals surface area contributed by atoms with E-state index in [2.05, 4.69) is 16.3 Å². The molecule has 0 aliphatic rings. The molecule has 0 saturated heterocycles. The van der Waals surface area contributed by atoms with Crippen LogP contribution in [0.4, 0.5) is 0 Å². The fourth-order valence-electron chi connectivity index (χ4n) is 0.282. The Morgan fingerprint density at radius 1 is 2.00 bits per heavy atom. The number of aromatic amines is 1. The normalized spacial score (nSPS) is 8.83. The van der Waals surface area contributed by atoms with Crippen LogP contribution in [-0.4, -0.2) is 9.97 Å². The third-order valence-electron chi connectivity index (χ3n) is 0.576. The zero-order valence-electron chi connectivity index (χ0n) is 3.52. The quantitative estimate of drug-likeness (QED) is 0.484. The van der Waals surface area contributed by atoms with Crippen LogP contribution >= 0.6 is 0 Å². The SMILES string of the molecule is Cc1cn[c][nH]1. The number of aromatic nitrogens is 2. The number of aryl methyl sites for hydroxylation is 1. The summed E-state index contributed by atoms with van der Waals surface area (Å²) in [5, 5.41) is 0. The van der Waals surface area contributed by atoms with Crippen LogP contribution in [0.3, 0.4) is 0 Å². The molecule has 1 heterocycles. The summed E-state index contributed by atoms with van der Waals surface area (Å²) in [7, 11) is 0. The molecule has 31 valence electrons. The lowest BCUT2D eigenvalue weighted by molar-refractivity contribution is 1.24. The maximum Gasteiger partial charge on any atom is 0.173 e. The van der Waals surface area contributed by atoms with Crippen LogP contribution in [0.5, 0.6) is 0 Å². The number of imidazole rings is 1. The van der Waals surface area contributed by atoms with Crippen molar-refractivity contribution in [3.05, 3.63) is 18.2 Å². The highest BCUT2D eigenvalue weighted by molar-refractivity contribution is 4.87. The molecule has 0 spiro atoms. The molecule has 0 aromatic carbocycles. The van der Waals surface area contributed by atoms with E-state index in [1.807, 2.05) is 6.92 Å². The lowest BCUT2D eigenvalue weighted by Crippen LogP contribution is -1.60. The molecule has 1 rings (SSSR count). The lowest BCUT2D eigenvalue weighted by atomic mass is 10.6. The Bertz CT molecular complexity index is 109. The minimum absolute atomic E-state index is 1.05. The van der Waals surface area contributed by atoms with Gasteiger partial charge in [0.2, 0.25) is 0 Å². The number of nitrogens with zero attached hydrogens (tertiary/aromatic N) is 1. The number of H-pyrrole nitrogens is 1. The van der Waals surface area contributed by atoms with Crippen LogP contribution in [-0.2, 0) is 0 Å². The van der Waals surface area contributed by atoms with Gasteiger partial charge in [-0.3, -0.25) is 0 Å². The van der Waals surface area contributed by atoms with Crippen molar-refractivity contribution in [2.24, 2.45) is 0 Å². The summed E-state index contributed by atoms with van der Waals surface area (Å²) in [5.41, 5.74) is 1.05. The van der Waals surface area contributed by atoms with E-state index in [-0.39, 0.29) is 0 Å². The van der Waals surface area contributed by atoms with Crippen molar-refractivity contribution >= 4 is 0 Å². The summed E-state index contributed by atoms with van der Waals surface area (Å²) in [6.45, 7) is 1.93. The van der Waals surface area contributed by atoms with Gasteiger partial charge in [-0.2, -0.15) is 0 Å². The summed E-state index contributed by atoms with van der Waals surface area (Å²) < 4.78 is 0. The fourth-order valence-corrected chi connectivity index (χ4v) is 0.282. The Balaban J connectivity index is 3.05. The van der Waals surface area contributed by atoms with Gasteiger partial charge in [-0.25, -0.2) is 4.98 Å². The van der Waals surface area contributed by atoms with Gasteiger partial charge in [0.1, 0.15) is 0 Å². The molecule has 0 aliphatic heterocycles. The summed E-state index contributed by atoms with van der Waals surface area (Å²) in [6.07, 6.45) is 4.28. The molecule has 2 nitrogen and oxygen atoms in total. The van der Waals surface area contributed by atoms with Gasteiger partial charge < -0.3 is 4.98 Å². The molecule has 1 radical (unpaired) electrons. The van der Waals surface area contributed by atoms with Gasteiger partial charge in [-0.1, -0.05) is 0 Å². The van der Waals surface area contributed by atoms with E-state index >= 15 is 0 Å². The van der Waals surface area contributed by atoms with Gasteiger partial charge in [-0.05, 0) is 6.92 Å². The molecule has 0 fully saturated rings. The average Bonchev–Trinajstić information content (AvgIpc) is 1.86. The van der Waals surface area contributed by atoms with Crippen molar-refractivity contribution < 1.29 is 0 Å². The summed E-state index contributed by atoms with van der Waals surface area (Å²) in [4.78, 5) is 6.41. The van der Waals surface area contributed by atoms with Crippen molar-refractivity contribution in [1.82, 2.24) is 9.97 Å². The van der Waals surface area contributed by atoms with Gasteiger partial charge in [0.05, 0.1) is 0 Å². The van der Waals surface area contributed by atoms with Crippen molar-refractivity contribution in [3.8, 4) is 0 Å². The third kappa shape index (κ3) is 0.407. The number of hydrogen-bond acceptors (Lipinski definition) is 1. The second kappa shape index (κ2) is 1.12. The zero-order chi connectivity index (χ0) is 4.41. The van der Waals surface area contributed by atoms with Crippen LogP contribution in [0, 0.1) is 13.3 Å². The molecule has 6 heavy (non-hydrogen) atoms. The van der Waals surface area contributed by atoms with Crippen molar-refractivity contribution in [2.45, 2.75) is 6.92 Å². The van der Waals surface area contributed by atoms with E-state index in [1.165, 1.54) is 0 Å². The standard InChI is InChI=1S/C4H5N2/c1-4-2-5-3-6-4/h2H,1H3,(H,5,6). The predicted octanol–water partition coefficient (Wildman–Crippen LogP) is 0.518. The van der Waals surface area contributed by atoms with Crippen molar-refractivity contribution in [2.75, 3.05) is 0 Å². The molecule has 0 unspecified atom stereocenters. The van der Waals surface area contributed by atoms with E-state index in [9.17, 15) is 0 Å². The molecule has 1 aromatic heterocycles. The molecule has 2 heteroatoms. The highest BCUT2D eigenvalue weighted by atomic mass is 14.8. The fraction of sp³-hybridized carbons (Fsp3) is 0.250. The van der Waals surface area contributed by atoms with Crippen molar-refractivity contribution in [1.29, 1.82) is 0 Å². The Morgan fingerprint density at radius 3 is 3.00 bits per heavy atom. The third-order valence-corrected chi connectivity index (χ3v) is 0.576. The minimum atomic E-state index is 1.05. The molecular weight excluding hydrogens is 76.1 g/mol. The van der Waals surface area contributed by atoms with Crippen LogP contribution in [0.15, 0.2) is 6.20 Å². The van der Waals surface area contributed by atoms with Gasteiger partial charge >= 0.3 is 0 Å². The van der Waals surface area contributed by atoms with Gasteiger partial charge in [0.25, 0.3) is 0 Å². The zero-order valence-corrected chi connectivity index (χ0v) is 3.52.